The van der Waals surface area contributed by atoms with Crippen LogP contribution >= 0.6 is 23.2 Å². The van der Waals surface area contributed by atoms with Crippen molar-refractivity contribution in [2.75, 3.05) is 26.2 Å². The standard InChI is InChI=1S/C21H23Cl2N3O3/c1-24-18(27)7-6-17(19(24)23)20(28)25-10-11-26-13-21(29,9-8-16(26)12-25)14-2-4-15(22)5-3-14/h2-7,16,29H,8-13H2,1H3/t16-,21-/m0/s1. The highest BCUT2D eigenvalue weighted by molar-refractivity contribution is 6.32. The van der Waals surface area contributed by atoms with Gasteiger partial charge in [-0.2, -0.15) is 0 Å². The van der Waals surface area contributed by atoms with Crippen molar-refractivity contribution in [3.05, 3.63) is 68.1 Å². The normalized spacial score (nSPS) is 25.0. The van der Waals surface area contributed by atoms with Gasteiger partial charge in [-0.1, -0.05) is 35.3 Å². The fourth-order valence-corrected chi connectivity index (χ4v) is 4.67. The number of fused-ring (bicyclic) bond motifs is 1. The molecule has 0 radical (unpaired) electrons. The van der Waals surface area contributed by atoms with Crippen molar-refractivity contribution in [2.45, 2.75) is 24.5 Å². The average Bonchev–Trinajstić information content (AvgIpc) is 2.72. The van der Waals surface area contributed by atoms with E-state index in [1.54, 1.807) is 24.1 Å². The van der Waals surface area contributed by atoms with Crippen molar-refractivity contribution in [1.82, 2.24) is 14.4 Å². The maximum atomic E-state index is 13.0. The van der Waals surface area contributed by atoms with Crippen LogP contribution in [0.5, 0.6) is 0 Å². The third kappa shape index (κ3) is 3.82. The number of nitrogens with zero attached hydrogens (tertiary/aromatic N) is 3. The van der Waals surface area contributed by atoms with E-state index in [-0.39, 0.29) is 22.7 Å². The molecule has 2 atom stereocenters. The van der Waals surface area contributed by atoms with Crippen LogP contribution in [-0.4, -0.2) is 57.6 Å². The number of amides is 1. The van der Waals surface area contributed by atoms with Gasteiger partial charge in [0.05, 0.1) is 5.56 Å². The van der Waals surface area contributed by atoms with E-state index in [9.17, 15) is 14.7 Å². The first kappa shape index (κ1) is 20.4. The van der Waals surface area contributed by atoms with Gasteiger partial charge in [0.15, 0.2) is 0 Å². The van der Waals surface area contributed by atoms with E-state index in [2.05, 4.69) is 4.90 Å². The lowest BCUT2D eigenvalue weighted by Crippen LogP contribution is -2.60. The van der Waals surface area contributed by atoms with Crippen molar-refractivity contribution in [1.29, 1.82) is 0 Å². The Balaban J connectivity index is 1.47. The second-order valence-corrected chi connectivity index (χ2v) is 8.68. The first-order valence-electron chi connectivity index (χ1n) is 9.66. The number of piperazine rings is 1. The van der Waals surface area contributed by atoms with Gasteiger partial charge < -0.3 is 14.6 Å². The van der Waals surface area contributed by atoms with Gasteiger partial charge in [0.1, 0.15) is 10.8 Å². The van der Waals surface area contributed by atoms with Crippen LogP contribution in [0.3, 0.4) is 0 Å². The average molecular weight is 436 g/mol. The molecular weight excluding hydrogens is 413 g/mol. The molecule has 1 amide bonds. The van der Waals surface area contributed by atoms with E-state index >= 15 is 0 Å². The lowest BCUT2D eigenvalue weighted by molar-refractivity contribution is -0.0740. The minimum atomic E-state index is -0.908. The quantitative estimate of drug-likeness (QED) is 0.735. The molecule has 2 aliphatic heterocycles. The maximum Gasteiger partial charge on any atom is 0.257 e. The Labute approximate surface area is 179 Å². The molecule has 2 fully saturated rings. The fraction of sp³-hybridized carbons (Fsp3) is 0.429. The fourth-order valence-electron chi connectivity index (χ4n) is 4.32. The van der Waals surface area contributed by atoms with Crippen LogP contribution < -0.4 is 5.56 Å². The summed E-state index contributed by atoms with van der Waals surface area (Å²) >= 11 is 12.2. The summed E-state index contributed by atoms with van der Waals surface area (Å²) in [5.74, 6) is -0.163. The number of carbonyl (C=O) groups is 1. The highest BCUT2D eigenvalue weighted by Gasteiger charge is 2.42. The summed E-state index contributed by atoms with van der Waals surface area (Å²) in [7, 11) is 1.55. The Morgan fingerprint density at radius 3 is 2.59 bits per heavy atom. The lowest BCUT2D eigenvalue weighted by atomic mass is 9.82. The summed E-state index contributed by atoms with van der Waals surface area (Å²) in [5.41, 5.74) is 0.0607. The Kier molecular flexibility index (Phi) is 5.46. The van der Waals surface area contributed by atoms with Gasteiger partial charge >= 0.3 is 0 Å². The molecule has 1 N–H and O–H groups in total. The number of piperidine rings is 1. The summed E-state index contributed by atoms with van der Waals surface area (Å²) in [6.07, 6.45) is 1.41. The van der Waals surface area contributed by atoms with E-state index in [1.165, 1.54) is 16.7 Å². The highest BCUT2D eigenvalue weighted by Crippen LogP contribution is 2.36. The predicted octanol–water partition coefficient (Wildman–Crippen LogP) is 2.50. The highest BCUT2D eigenvalue weighted by atomic mass is 35.5. The van der Waals surface area contributed by atoms with Crippen LogP contribution in [0.1, 0.15) is 28.8 Å². The van der Waals surface area contributed by atoms with Gasteiger partial charge in [-0.3, -0.25) is 14.5 Å². The number of aliphatic hydroxyl groups is 1. The zero-order chi connectivity index (χ0) is 20.8. The Hall–Kier alpha value is -1.86. The molecule has 2 aromatic rings. The molecule has 0 saturated carbocycles. The smallest absolute Gasteiger partial charge is 0.257 e. The van der Waals surface area contributed by atoms with Crippen LogP contribution in [0.2, 0.25) is 10.2 Å². The molecule has 154 valence electrons. The molecule has 2 saturated heterocycles. The molecular formula is C21H23Cl2N3O3. The number of aromatic nitrogens is 1. The van der Waals surface area contributed by atoms with E-state index in [0.717, 1.165) is 12.0 Å². The molecule has 6 nitrogen and oxygen atoms in total. The summed E-state index contributed by atoms with van der Waals surface area (Å²) in [4.78, 5) is 28.7. The summed E-state index contributed by atoms with van der Waals surface area (Å²) in [6, 6.07) is 10.4. The molecule has 29 heavy (non-hydrogen) atoms. The summed E-state index contributed by atoms with van der Waals surface area (Å²) < 4.78 is 1.28. The molecule has 1 aromatic carbocycles. The molecule has 0 unspecified atom stereocenters. The van der Waals surface area contributed by atoms with Crippen molar-refractivity contribution >= 4 is 29.1 Å². The van der Waals surface area contributed by atoms with Gasteiger partial charge in [-0.05, 0) is 36.6 Å². The molecule has 8 heteroatoms. The first-order chi connectivity index (χ1) is 13.8. The van der Waals surface area contributed by atoms with E-state index in [1.807, 2.05) is 12.1 Å². The summed E-state index contributed by atoms with van der Waals surface area (Å²) in [5, 5.41) is 12.0. The minimum Gasteiger partial charge on any atom is -0.384 e. The Morgan fingerprint density at radius 1 is 1.14 bits per heavy atom. The number of carbonyl (C=O) groups excluding carboxylic acids is 1. The molecule has 1 aromatic heterocycles. The Bertz CT molecular complexity index is 992. The number of rotatable bonds is 2. The van der Waals surface area contributed by atoms with Crippen LogP contribution in [0.25, 0.3) is 0 Å². The van der Waals surface area contributed by atoms with Crippen molar-refractivity contribution in [3.8, 4) is 0 Å². The van der Waals surface area contributed by atoms with Crippen LogP contribution in [0.15, 0.2) is 41.2 Å². The lowest BCUT2D eigenvalue weighted by Gasteiger charge is -2.49. The molecule has 3 heterocycles. The van der Waals surface area contributed by atoms with Gasteiger partial charge in [0.25, 0.3) is 11.5 Å². The van der Waals surface area contributed by atoms with Crippen molar-refractivity contribution in [2.24, 2.45) is 7.05 Å². The molecule has 4 rings (SSSR count). The van der Waals surface area contributed by atoms with Gasteiger partial charge in [-0.15, -0.1) is 0 Å². The predicted molar refractivity (Wildman–Crippen MR) is 113 cm³/mol. The second-order valence-electron chi connectivity index (χ2n) is 7.89. The van der Waals surface area contributed by atoms with Crippen molar-refractivity contribution in [3.63, 3.8) is 0 Å². The van der Waals surface area contributed by atoms with Crippen LogP contribution in [0, 0.1) is 0 Å². The number of hydrogen-bond acceptors (Lipinski definition) is 4. The second kappa shape index (κ2) is 7.76. The third-order valence-electron chi connectivity index (χ3n) is 6.10. The van der Waals surface area contributed by atoms with Crippen molar-refractivity contribution < 1.29 is 9.90 Å². The number of pyridine rings is 1. The van der Waals surface area contributed by atoms with Gasteiger partial charge in [0, 0.05) is 50.4 Å². The largest absolute Gasteiger partial charge is 0.384 e. The zero-order valence-corrected chi connectivity index (χ0v) is 17.7. The number of hydrogen-bond donors (Lipinski definition) is 1. The summed E-state index contributed by atoms with van der Waals surface area (Å²) in [6.45, 7) is 2.33. The van der Waals surface area contributed by atoms with Crippen LogP contribution in [0.4, 0.5) is 0 Å². The maximum absolute atomic E-state index is 13.0. The topological polar surface area (TPSA) is 65.8 Å². The van der Waals surface area contributed by atoms with E-state index in [4.69, 9.17) is 23.2 Å². The van der Waals surface area contributed by atoms with E-state index < -0.39 is 5.60 Å². The molecule has 0 bridgehead atoms. The first-order valence-corrected chi connectivity index (χ1v) is 10.4. The van der Waals surface area contributed by atoms with Gasteiger partial charge in [-0.25, -0.2) is 0 Å². The van der Waals surface area contributed by atoms with Crippen LogP contribution in [-0.2, 0) is 12.6 Å². The Morgan fingerprint density at radius 2 is 1.86 bits per heavy atom. The zero-order valence-electron chi connectivity index (χ0n) is 16.1. The molecule has 0 aliphatic carbocycles. The van der Waals surface area contributed by atoms with E-state index in [0.29, 0.717) is 43.2 Å². The minimum absolute atomic E-state index is 0.158. The van der Waals surface area contributed by atoms with Gasteiger partial charge in [0.2, 0.25) is 0 Å². The third-order valence-corrected chi connectivity index (χ3v) is 6.81. The number of halogens is 2. The SMILES string of the molecule is Cn1c(Cl)c(C(=O)N2CCN3C[C@](O)(c4ccc(Cl)cc4)CC[C@H]3C2)ccc1=O. The monoisotopic (exact) mass is 435 g/mol. The molecule has 0 spiro atoms. The molecule has 2 aliphatic rings. The number of benzene rings is 1.